The van der Waals surface area contributed by atoms with E-state index >= 15 is 0 Å². The molecule has 2 aromatic rings. The average molecular weight is 334 g/mol. The molecule has 0 radical (unpaired) electrons. The number of nitrogens with two attached hydrogens (primary N) is 1. The number of nitrogens with one attached hydrogen (secondary N) is 1. The van der Waals surface area contributed by atoms with Crippen molar-refractivity contribution < 1.29 is 4.79 Å². The van der Waals surface area contributed by atoms with Gasteiger partial charge >= 0.3 is 0 Å². The molecule has 1 aromatic heterocycles. The SMILES string of the molecule is CC1=C(C(N)=O)[C@H](c2cccc(Br)c2)n2ncnc2N1. The van der Waals surface area contributed by atoms with Crippen LogP contribution in [0, 0.1) is 0 Å². The minimum absolute atomic E-state index is 0.372. The summed E-state index contributed by atoms with van der Waals surface area (Å²) in [6, 6.07) is 7.34. The van der Waals surface area contributed by atoms with Crippen LogP contribution < -0.4 is 11.1 Å². The largest absolute Gasteiger partial charge is 0.366 e. The lowest BCUT2D eigenvalue weighted by atomic mass is 9.95. The molecule has 0 saturated heterocycles. The summed E-state index contributed by atoms with van der Waals surface area (Å²) in [5.74, 6) is 0.124. The van der Waals surface area contributed by atoms with Crippen LogP contribution in [0.15, 0.2) is 46.3 Å². The van der Waals surface area contributed by atoms with E-state index in [1.165, 1.54) is 6.33 Å². The van der Waals surface area contributed by atoms with Crippen LogP contribution in [-0.2, 0) is 4.79 Å². The topological polar surface area (TPSA) is 85.8 Å². The molecule has 0 spiro atoms. The maximum atomic E-state index is 11.8. The number of primary amides is 1. The van der Waals surface area contributed by atoms with Crippen molar-refractivity contribution in [3.63, 3.8) is 0 Å². The van der Waals surface area contributed by atoms with Crippen LogP contribution in [0.25, 0.3) is 0 Å². The van der Waals surface area contributed by atoms with E-state index in [2.05, 4.69) is 31.3 Å². The number of aromatic nitrogens is 3. The molecule has 0 bridgehead atoms. The van der Waals surface area contributed by atoms with E-state index in [0.29, 0.717) is 17.2 Å². The Hall–Kier alpha value is -2.15. The molecule has 1 amide bonds. The summed E-state index contributed by atoms with van der Waals surface area (Å²) in [5.41, 5.74) is 7.64. The molecule has 0 saturated carbocycles. The number of carbonyl (C=O) groups excluding carboxylic acids is 1. The summed E-state index contributed by atoms with van der Waals surface area (Å²) in [4.78, 5) is 16.0. The van der Waals surface area contributed by atoms with Crippen molar-refractivity contribution in [3.8, 4) is 0 Å². The Labute approximate surface area is 123 Å². The molecular formula is C13H12BrN5O. The van der Waals surface area contributed by atoms with Crippen LogP contribution in [-0.4, -0.2) is 20.7 Å². The first-order valence-electron chi connectivity index (χ1n) is 6.00. The van der Waals surface area contributed by atoms with Crippen molar-refractivity contribution in [1.29, 1.82) is 0 Å². The molecule has 1 aliphatic rings. The van der Waals surface area contributed by atoms with Gasteiger partial charge in [0.25, 0.3) is 0 Å². The average Bonchev–Trinajstić information content (AvgIpc) is 2.84. The number of hydrogen-bond donors (Lipinski definition) is 2. The highest BCUT2D eigenvalue weighted by Gasteiger charge is 2.32. The molecular weight excluding hydrogens is 322 g/mol. The number of nitrogens with zero attached hydrogens (tertiary/aromatic N) is 3. The number of carbonyl (C=O) groups is 1. The number of rotatable bonds is 2. The molecule has 3 rings (SSSR count). The lowest BCUT2D eigenvalue weighted by Crippen LogP contribution is -2.31. The number of allylic oxidation sites excluding steroid dienone is 1. The summed E-state index contributed by atoms with van der Waals surface area (Å²) >= 11 is 3.44. The van der Waals surface area contributed by atoms with Gasteiger partial charge < -0.3 is 11.1 Å². The fourth-order valence-corrected chi connectivity index (χ4v) is 2.81. The minimum atomic E-state index is -0.471. The number of amides is 1. The summed E-state index contributed by atoms with van der Waals surface area (Å²) < 4.78 is 2.59. The molecule has 6 nitrogen and oxygen atoms in total. The van der Waals surface area contributed by atoms with E-state index in [1.807, 2.05) is 31.2 Å². The van der Waals surface area contributed by atoms with Gasteiger partial charge in [-0.3, -0.25) is 4.79 Å². The van der Waals surface area contributed by atoms with Crippen LogP contribution in [0.4, 0.5) is 5.95 Å². The van der Waals surface area contributed by atoms with Gasteiger partial charge in [-0.25, -0.2) is 4.68 Å². The van der Waals surface area contributed by atoms with Gasteiger partial charge in [0.1, 0.15) is 12.4 Å². The lowest BCUT2D eigenvalue weighted by molar-refractivity contribution is -0.115. The smallest absolute Gasteiger partial charge is 0.248 e. The first-order chi connectivity index (χ1) is 9.58. The second-order valence-electron chi connectivity index (χ2n) is 4.51. The Morgan fingerprint density at radius 3 is 3.00 bits per heavy atom. The Morgan fingerprint density at radius 2 is 2.30 bits per heavy atom. The molecule has 0 unspecified atom stereocenters. The van der Waals surface area contributed by atoms with Crippen molar-refractivity contribution in [2.24, 2.45) is 5.73 Å². The number of benzene rings is 1. The van der Waals surface area contributed by atoms with E-state index in [-0.39, 0.29) is 6.04 Å². The van der Waals surface area contributed by atoms with Crippen LogP contribution in [0.3, 0.4) is 0 Å². The van der Waals surface area contributed by atoms with Crippen molar-refractivity contribution in [3.05, 3.63) is 51.9 Å². The van der Waals surface area contributed by atoms with Crippen LogP contribution >= 0.6 is 15.9 Å². The normalized spacial score (nSPS) is 17.6. The van der Waals surface area contributed by atoms with E-state index in [0.717, 1.165) is 10.0 Å². The number of halogens is 1. The quantitative estimate of drug-likeness (QED) is 0.877. The maximum absolute atomic E-state index is 11.8. The molecule has 7 heteroatoms. The molecule has 2 heterocycles. The number of anilines is 1. The minimum Gasteiger partial charge on any atom is -0.366 e. The molecule has 3 N–H and O–H groups in total. The van der Waals surface area contributed by atoms with Crippen molar-refractivity contribution in [2.45, 2.75) is 13.0 Å². The first kappa shape index (κ1) is 12.9. The highest BCUT2D eigenvalue weighted by Crippen LogP contribution is 2.34. The summed E-state index contributed by atoms with van der Waals surface area (Å²) in [7, 11) is 0. The molecule has 1 aromatic carbocycles. The standard InChI is InChI=1S/C13H12BrN5O/c1-7-10(12(15)20)11(8-3-2-4-9(14)5-8)19-13(18-7)16-6-17-19/h2-6,11H,1H3,(H2,15,20)(H,16,17,18)/t11-/m0/s1. The van der Waals surface area contributed by atoms with Gasteiger partial charge in [0.05, 0.1) is 5.57 Å². The third-order valence-corrected chi connectivity index (χ3v) is 3.72. The zero-order valence-electron chi connectivity index (χ0n) is 10.7. The Morgan fingerprint density at radius 1 is 1.50 bits per heavy atom. The van der Waals surface area contributed by atoms with Gasteiger partial charge in [0.2, 0.25) is 11.9 Å². The fourth-order valence-electron chi connectivity index (χ4n) is 2.39. The van der Waals surface area contributed by atoms with E-state index in [9.17, 15) is 4.79 Å². The van der Waals surface area contributed by atoms with Gasteiger partial charge in [-0.1, -0.05) is 28.1 Å². The van der Waals surface area contributed by atoms with E-state index in [4.69, 9.17) is 5.73 Å². The zero-order valence-corrected chi connectivity index (χ0v) is 12.3. The second-order valence-corrected chi connectivity index (χ2v) is 5.43. The van der Waals surface area contributed by atoms with Crippen LogP contribution in [0.5, 0.6) is 0 Å². The van der Waals surface area contributed by atoms with Crippen molar-refractivity contribution >= 4 is 27.8 Å². The second kappa shape index (κ2) is 4.75. The summed E-state index contributed by atoms with van der Waals surface area (Å²) in [6.07, 6.45) is 1.45. The Bertz CT molecular complexity index is 721. The number of hydrogen-bond acceptors (Lipinski definition) is 4. The lowest BCUT2D eigenvalue weighted by Gasteiger charge is -2.27. The molecule has 20 heavy (non-hydrogen) atoms. The highest BCUT2D eigenvalue weighted by molar-refractivity contribution is 9.10. The van der Waals surface area contributed by atoms with Gasteiger partial charge in [-0.05, 0) is 24.6 Å². The van der Waals surface area contributed by atoms with Crippen LogP contribution in [0.1, 0.15) is 18.5 Å². The highest BCUT2D eigenvalue weighted by atomic mass is 79.9. The Kier molecular flexibility index (Phi) is 3.06. The van der Waals surface area contributed by atoms with Crippen LogP contribution in [0.2, 0.25) is 0 Å². The third kappa shape index (κ3) is 2.00. The molecule has 1 atom stereocenters. The molecule has 0 fully saturated rings. The summed E-state index contributed by atoms with van der Waals surface area (Å²) in [5, 5.41) is 7.24. The first-order valence-corrected chi connectivity index (χ1v) is 6.80. The predicted molar refractivity (Wildman–Crippen MR) is 77.8 cm³/mol. The monoisotopic (exact) mass is 333 g/mol. The maximum Gasteiger partial charge on any atom is 0.248 e. The third-order valence-electron chi connectivity index (χ3n) is 3.22. The molecule has 1 aliphatic heterocycles. The van der Waals surface area contributed by atoms with Gasteiger partial charge in [0, 0.05) is 10.2 Å². The van der Waals surface area contributed by atoms with E-state index in [1.54, 1.807) is 4.68 Å². The molecule has 0 aliphatic carbocycles. The van der Waals surface area contributed by atoms with Gasteiger partial charge in [-0.2, -0.15) is 10.1 Å². The predicted octanol–water partition coefficient (Wildman–Crippen LogP) is 1.81. The van der Waals surface area contributed by atoms with Gasteiger partial charge in [0.15, 0.2) is 0 Å². The van der Waals surface area contributed by atoms with E-state index < -0.39 is 5.91 Å². The fraction of sp³-hybridized carbons (Fsp3) is 0.154. The van der Waals surface area contributed by atoms with Crippen molar-refractivity contribution in [2.75, 3.05) is 5.32 Å². The summed E-state index contributed by atoms with van der Waals surface area (Å²) in [6.45, 7) is 1.81. The Balaban J connectivity index is 2.22. The van der Waals surface area contributed by atoms with Gasteiger partial charge in [-0.15, -0.1) is 0 Å². The molecule has 102 valence electrons. The number of fused-ring (bicyclic) bond motifs is 1. The zero-order chi connectivity index (χ0) is 14.3. The van der Waals surface area contributed by atoms with Crippen molar-refractivity contribution in [1.82, 2.24) is 14.8 Å².